The fraction of sp³-hybridized carbons (Fsp3) is 0.562. The summed E-state index contributed by atoms with van der Waals surface area (Å²) in [7, 11) is 0. The molecule has 1 rings (SSSR count). The second-order valence-corrected chi connectivity index (χ2v) is 5.80. The van der Waals surface area contributed by atoms with Crippen molar-refractivity contribution in [2.75, 3.05) is 0 Å². The molecule has 1 atom stereocenters. The fourth-order valence-electron chi connectivity index (χ4n) is 1.80. The molecule has 0 saturated carbocycles. The molecule has 0 aliphatic rings. The molecule has 0 unspecified atom stereocenters. The Morgan fingerprint density at radius 3 is 2.42 bits per heavy atom. The van der Waals surface area contributed by atoms with Crippen molar-refractivity contribution >= 4 is 5.97 Å². The summed E-state index contributed by atoms with van der Waals surface area (Å²) in [6.45, 7) is 5.53. The summed E-state index contributed by atoms with van der Waals surface area (Å²) in [5, 5.41) is 9.85. The van der Waals surface area contributed by atoms with Crippen LogP contribution in [0.3, 0.4) is 0 Å². The van der Waals surface area contributed by atoms with Crippen LogP contribution in [0.5, 0.6) is 0 Å². The third-order valence-electron chi connectivity index (χ3n) is 2.71. The van der Waals surface area contributed by atoms with E-state index in [9.17, 15) is 9.90 Å². The monoisotopic (exact) mass is 264 g/mol. The Kier molecular flexibility index (Phi) is 6.03. The van der Waals surface area contributed by atoms with Gasteiger partial charge in [0.25, 0.3) is 0 Å². The number of carbonyl (C=O) groups is 1. The zero-order valence-electron chi connectivity index (χ0n) is 12.1. The minimum Gasteiger partial charge on any atom is -0.460 e. The van der Waals surface area contributed by atoms with E-state index in [1.54, 1.807) is 0 Å². The molecule has 0 radical (unpaired) electrons. The van der Waals surface area contributed by atoms with Gasteiger partial charge in [0.1, 0.15) is 5.60 Å². The number of hydrogen-bond acceptors (Lipinski definition) is 3. The number of esters is 1. The molecule has 1 aromatic rings. The highest BCUT2D eigenvalue weighted by Crippen LogP contribution is 2.12. The first-order chi connectivity index (χ1) is 8.87. The van der Waals surface area contributed by atoms with E-state index >= 15 is 0 Å². The van der Waals surface area contributed by atoms with Gasteiger partial charge in [0.05, 0.1) is 6.10 Å². The lowest BCUT2D eigenvalue weighted by molar-refractivity contribution is -0.155. The van der Waals surface area contributed by atoms with E-state index in [1.807, 2.05) is 51.1 Å². The summed E-state index contributed by atoms with van der Waals surface area (Å²) in [5.74, 6) is -0.244. The van der Waals surface area contributed by atoms with E-state index in [4.69, 9.17) is 4.74 Å². The Hall–Kier alpha value is -1.35. The minimum absolute atomic E-state index is 0.244. The quantitative estimate of drug-likeness (QED) is 0.803. The Morgan fingerprint density at radius 1 is 1.21 bits per heavy atom. The highest BCUT2D eigenvalue weighted by molar-refractivity contribution is 5.69. The SMILES string of the molecule is CC(C)(C)OC(=O)CC[C@H](O)CCc1ccccc1. The molecular weight excluding hydrogens is 240 g/mol. The van der Waals surface area contributed by atoms with Crippen molar-refractivity contribution in [2.45, 2.75) is 58.2 Å². The van der Waals surface area contributed by atoms with Crippen molar-refractivity contribution < 1.29 is 14.6 Å². The first-order valence-electron chi connectivity index (χ1n) is 6.80. The van der Waals surface area contributed by atoms with Gasteiger partial charge in [-0.05, 0) is 45.6 Å². The van der Waals surface area contributed by atoms with Crippen LogP contribution < -0.4 is 0 Å². The normalized spacial score (nSPS) is 13.1. The Balaban J connectivity index is 2.21. The first kappa shape index (κ1) is 15.7. The van der Waals surface area contributed by atoms with Crippen LogP contribution in [-0.4, -0.2) is 22.8 Å². The van der Waals surface area contributed by atoms with Gasteiger partial charge < -0.3 is 9.84 Å². The number of aliphatic hydroxyl groups is 1. The maximum absolute atomic E-state index is 11.5. The molecule has 1 N–H and O–H groups in total. The number of carbonyl (C=O) groups excluding carboxylic acids is 1. The number of hydrogen-bond donors (Lipinski definition) is 1. The molecule has 0 aliphatic heterocycles. The molecule has 106 valence electrons. The van der Waals surface area contributed by atoms with Crippen LogP contribution in [0.1, 0.15) is 45.6 Å². The summed E-state index contributed by atoms with van der Waals surface area (Å²) in [4.78, 5) is 11.5. The van der Waals surface area contributed by atoms with E-state index < -0.39 is 11.7 Å². The summed E-state index contributed by atoms with van der Waals surface area (Å²) in [6.07, 6.45) is 1.78. The molecule has 1 aromatic carbocycles. The van der Waals surface area contributed by atoms with Crippen LogP contribution in [0.25, 0.3) is 0 Å². The number of aryl methyl sites for hydroxylation is 1. The van der Waals surface area contributed by atoms with E-state index in [2.05, 4.69) is 0 Å². The third-order valence-corrected chi connectivity index (χ3v) is 2.71. The lowest BCUT2D eigenvalue weighted by Crippen LogP contribution is -2.24. The van der Waals surface area contributed by atoms with Crippen molar-refractivity contribution in [2.24, 2.45) is 0 Å². The van der Waals surface area contributed by atoms with Gasteiger partial charge in [0, 0.05) is 6.42 Å². The minimum atomic E-state index is -0.452. The number of ether oxygens (including phenoxy) is 1. The molecule has 0 fully saturated rings. The standard InChI is InChI=1S/C16H24O3/c1-16(2,3)19-15(18)12-11-14(17)10-9-13-7-5-4-6-8-13/h4-8,14,17H,9-12H2,1-3H3/t14-/m1/s1. The van der Waals surface area contributed by atoms with Crippen molar-refractivity contribution in [3.05, 3.63) is 35.9 Å². The van der Waals surface area contributed by atoms with Gasteiger partial charge in [-0.1, -0.05) is 30.3 Å². The van der Waals surface area contributed by atoms with Crippen molar-refractivity contribution in [1.29, 1.82) is 0 Å². The molecular formula is C16H24O3. The highest BCUT2D eigenvalue weighted by Gasteiger charge is 2.17. The first-order valence-corrected chi connectivity index (χ1v) is 6.80. The predicted octanol–water partition coefficient (Wildman–Crippen LogP) is 3.10. The molecule has 0 bridgehead atoms. The molecule has 0 heterocycles. The van der Waals surface area contributed by atoms with Gasteiger partial charge in [-0.25, -0.2) is 0 Å². The van der Waals surface area contributed by atoms with Crippen molar-refractivity contribution in [3.8, 4) is 0 Å². The average Bonchev–Trinajstić information content (AvgIpc) is 2.33. The predicted molar refractivity (Wildman–Crippen MR) is 75.8 cm³/mol. The smallest absolute Gasteiger partial charge is 0.306 e. The lowest BCUT2D eigenvalue weighted by atomic mass is 10.0. The van der Waals surface area contributed by atoms with Gasteiger partial charge in [-0.2, -0.15) is 0 Å². The highest BCUT2D eigenvalue weighted by atomic mass is 16.6. The summed E-state index contributed by atoms with van der Waals surface area (Å²) in [5.41, 5.74) is 0.755. The largest absolute Gasteiger partial charge is 0.460 e. The molecule has 0 amide bonds. The van der Waals surface area contributed by atoms with Gasteiger partial charge in [-0.3, -0.25) is 4.79 Å². The van der Waals surface area contributed by atoms with Gasteiger partial charge >= 0.3 is 5.97 Å². The summed E-state index contributed by atoms with van der Waals surface area (Å²) in [6, 6.07) is 10.0. The molecule has 0 aliphatic carbocycles. The Bertz CT molecular complexity index is 379. The van der Waals surface area contributed by atoms with Crippen LogP contribution in [0.15, 0.2) is 30.3 Å². The Morgan fingerprint density at radius 2 is 1.84 bits per heavy atom. The fourth-order valence-corrected chi connectivity index (χ4v) is 1.80. The van der Waals surface area contributed by atoms with Gasteiger partial charge in [0.15, 0.2) is 0 Å². The van der Waals surface area contributed by atoms with Crippen molar-refractivity contribution in [3.63, 3.8) is 0 Å². The number of benzene rings is 1. The summed E-state index contributed by atoms with van der Waals surface area (Å²) >= 11 is 0. The second kappa shape index (κ2) is 7.29. The second-order valence-electron chi connectivity index (χ2n) is 5.80. The van der Waals surface area contributed by atoms with E-state index in [0.29, 0.717) is 12.8 Å². The molecule has 3 nitrogen and oxygen atoms in total. The maximum atomic E-state index is 11.5. The molecule has 0 saturated heterocycles. The zero-order valence-corrected chi connectivity index (χ0v) is 12.1. The van der Waals surface area contributed by atoms with E-state index in [-0.39, 0.29) is 12.4 Å². The molecule has 3 heteroatoms. The topological polar surface area (TPSA) is 46.5 Å². The zero-order chi connectivity index (χ0) is 14.3. The maximum Gasteiger partial charge on any atom is 0.306 e. The molecule has 19 heavy (non-hydrogen) atoms. The van der Waals surface area contributed by atoms with Crippen LogP contribution in [0.4, 0.5) is 0 Å². The van der Waals surface area contributed by atoms with Crippen LogP contribution in [-0.2, 0) is 16.0 Å². The Labute approximate surface area is 115 Å². The van der Waals surface area contributed by atoms with E-state index in [0.717, 1.165) is 6.42 Å². The van der Waals surface area contributed by atoms with Crippen LogP contribution >= 0.6 is 0 Å². The lowest BCUT2D eigenvalue weighted by Gasteiger charge is -2.20. The van der Waals surface area contributed by atoms with Gasteiger partial charge in [-0.15, -0.1) is 0 Å². The van der Waals surface area contributed by atoms with Crippen LogP contribution in [0.2, 0.25) is 0 Å². The van der Waals surface area contributed by atoms with Crippen LogP contribution in [0, 0.1) is 0 Å². The number of aliphatic hydroxyl groups excluding tert-OH is 1. The number of rotatable bonds is 6. The summed E-state index contributed by atoms with van der Waals surface area (Å²) < 4.78 is 5.20. The van der Waals surface area contributed by atoms with Gasteiger partial charge in [0.2, 0.25) is 0 Å². The van der Waals surface area contributed by atoms with E-state index in [1.165, 1.54) is 5.56 Å². The molecule has 0 aromatic heterocycles. The molecule has 0 spiro atoms. The van der Waals surface area contributed by atoms with Crippen molar-refractivity contribution in [1.82, 2.24) is 0 Å². The average molecular weight is 264 g/mol. The third kappa shape index (κ3) is 7.62.